The highest BCUT2D eigenvalue weighted by Crippen LogP contribution is 2.57. The molecule has 8 nitrogen and oxygen atoms in total. The SMILES string of the molecule is COCc1ccnc(-c2cnc(N3CC4(CC4)c4ccc(C(=O)N(C)CCO)cc43)nc2)c1. The summed E-state index contributed by atoms with van der Waals surface area (Å²) in [5, 5.41) is 9.17. The lowest BCUT2D eigenvalue weighted by atomic mass is 9.97. The zero-order valence-corrected chi connectivity index (χ0v) is 18.9. The van der Waals surface area contributed by atoms with Crippen LogP contribution in [0, 0.1) is 0 Å². The van der Waals surface area contributed by atoms with Crippen molar-refractivity contribution in [3.63, 3.8) is 0 Å². The van der Waals surface area contributed by atoms with E-state index in [0.29, 0.717) is 24.7 Å². The first kappa shape index (κ1) is 21.5. The summed E-state index contributed by atoms with van der Waals surface area (Å²) in [6.07, 6.45) is 7.61. The number of rotatable bonds is 7. The minimum absolute atomic E-state index is 0.0637. The van der Waals surface area contributed by atoms with Crippen molar-refractivity contribution in [1.82, 2.24) is 19.9 Å². The lowest BCUT2D eigenvalue weighted by molar-refractivity contribution is 0.0767. The number of hydrogen-bond acceptors (Lipinski definition) is 7. The second-order valence-corrected chi connectivity index (χ2v) is 8.80. The van der Waals surface area contributed by atoms with Gasteiger partial charge in [-0.3, -0.25) is 9.78 Å². The highest BCUT2D eigenvalue weighted by molar-refractivity contribution is 5.96. The topological polar surface area (TPSA) is 91.7 Å². The minimum Gasteiger partial charge on any atom is -0.395 e. The van der Waals surface area contributed by atoms with E-state index in [2.05, 4.69) is 25.9 Å². The molecule has 0 radical (unpaired) electrons. The zero-order chi connectivity index (χ0) is 23.0. The number of benzene rings is 1. The summed E-state index contributed by atoms with van der Waals surface area (Å²) in [5.74, 6) is 0.506. The number of aliphatic hydroxyl groups excluding tert-OH is 1. The predicted octanol–water partition coefficient (Wildman–Crippen LogP) is 2.93. The van der Waals surface area contributed by atoms with Crippen molar-refractivity contribution < 1.29 is 14.6 Å². The van der Waals surface area contributed by atoms with E-state index in [1.54, 1.807) is 32.7 Å². The van der Waals surface area contributed by atoms with Crippen LogP contribution in [0.5, 0.6) is 0 Å². The van der Waals surface area contributed by atoms with Crippen LogP contribution in [0.25, 0.3) is 11.3 Å². The van der Waals surface area contributed by atoms with Crippen LogP contribution < -0.4 is 4.90 Å². The van der Waals surface area contributed by atoms with Crippen LogP contribution in [-0.4, -0.2) is 64.7 Å². The Balaban J connectivity index is 1.45. The number of aromatic nitrogens is 3. The molecule has 1 aliphatic carbocycles. The Morgan fingerprint density at radius 1 is 1.18 bits per heavy atom. The Labute approximate surface area is 192 Å². The Hall–Kier alpha value is -3.36. The number of carbonyl (C=O) groups is 1. The van der Waals surface area contributed by atoms with Crippen molar-refractivity contribution in [3.05, 3.63) is 65.6 Å². The first-order chi connectivity index (χ1) is 16.0. The third kappa shape index (κ3) is 3.96. The van der Waals surface area contributed by atoms with Gasteiger partial charge in [-0.2, -0.15) is 0 Å². The van der Waals surface area contributed by atoms with Crippen molar-refractivity contribution >= 4 is 17.5 Å². The second kappa shape index (κ2) is 8.53. The van der Waals surface area contributed by atoms with Gasteiger partial charge in [0.15, 0.2) is 0 Å². The minimum atomic E-state index is -0.109. The molecule has 5 rings (SSSR count). The molecule has 33 heavy (non-hydrogen) atoms. The molecule has 1 spiro atoms. The van der Waals surface area contributed by atoms with E-state index in [9.17, 15) is 9.90 Å². The number of nitrogens with zero attached hydrogens (tertiary/aromatic N) is 5. The van der Waals surface area contributed by atoms with Gasteiger partial charge in [-0.05, 0) is 48.2 Å². The standard InChI is InChI=1S/C25H27N5O3/c1-29(9-10-31)23(32)18-3-4-20-22(12-18)30(16-25(20)6-7-25)24-27-13-19(14-28-24)21-11-17(15-33-2)5-8-26-21/h3-5,8,11-14,31H,6-7,9-10,15-16H2,1-2H3. The van der Waals surface area contributed by atoms with Crippen LogP contribution >= 0.6 is 0 Å². The van der Waals surface area contributed by atoms with Crippen molar-refractivity contribution in [2.75, 3.05) is 38.8 Å². The first-order valence-corrected chi connectivity index (χ1v) is 11.1. The van der Waals surface area contributed by atoms with E-state index in [-0.39, 0.29) is 17.9 Å². The molecule has 1 fully saturated rings. The fourth-order valence-corrected chi connectivity index (χ4v) is 4.52. The van der Waals surface area contributed by atoms with Crippen molar-refractivity contribution in [3.8, 4) is 11.3 Å². The average molecular weight is 446 g/mol. The summed E-state index contributed by atoms with van der Waals surface area (Å²) in [5.41, 5.74) is 5.66. The van der Waals surface area contributed by atoms with Crippen LogP contribution in [0.3, 0.4) is 0 Å². The molecule has 0 bridgehead atoms. The number of fused-ring (bicyclic) bond motifs is 2. The molecule has 1 N–H and O–H groups in total. The molecule has 2 aromatic heterocycles. The zero-order valence-electron chi connectivity index (χ0n) is 18.9. The van der Waals surface area contributed by atoms with E-state index in [4.69, 9.17) is 4.74 Å². The molecule has 1 aromatic carbocycles. The molecule has 170 valence electrons. The molecule has 8 heteroatoms. The lowest BCUT2D eigenvalue weighted by Crippen LogP contribution is -2.29. The summed E-state index contributed by atoms with van der Waals surface area (Å²) in [6.45, 7) is 1.57. The van der Waals surface area contributed by atoms with Gasteiger partial charge in [-0.15, -0.1) is 0 Å². The van der Waals surface area contributed by atoms with Gasteiger partial charge in [0.25, 0.3) is 5.91 Å². The fourth-order valence-electron chi connectivity index (χ4n) is 4.52. The maximum atomic E-state index is 12.8. The molecule has 1 aliphatic heterocycles. The predicted molar refractivity (Wildman–Crippen MR) is 124 cm³/mol. The summed E-state index contributed by atoms with van der Waals surface area (Å²) < 4.78 is 5.21. The quantitative estimate of drug-likeness (QED) is 0.598. The molecule has 0 saturated heterocycles. The van der Waals surface area contributed by atoms with Crippen LogP contribution in [0.15, 0.2) is 48.9 Å². The Kier molecular flexibility index (Phi) is 5.55. The monoisotopic (exact) mass is 445 g/mol. The summed E-state index contributed by atoms with van der Waals surface area (Å²) in [6, 6.07) is 9.80. The Morgan fingerprint density at radius 2 is 1.97 bits per heavy atom. The van der Waals surface area contributed by atoms with Gasteiger partial charge in [-0.1, -0.05) is 6.07 Å². The summed E-state index contributed by atoms with van der Waals surface area (Å²) in [4.78, 5) is 30.2. The van der Waals surface area contributed by atoms with E-state index in [1.165, 1.54) is 10.5 Å². The Morgan fingerprint density at radius 3 is 2.67 bits per heavy atom. The van der Waals surface area contributed by atoms with E-state index < -0.39 is 0 Å². The van der Waals surface area contributed by atoms with Crippen molar-refractivity contribution in [1.29, 1.82) is 0 Å². The highest BCUT2D eigenvalue weighted by Gasteiger charge is 2.52. The number of aliphatic hydroxyl groups is 1. The first-order valence-electron chi connectivity index (χ1n) is 11.1. The largest absolute Gasteiger partial charge is 0.395 e. The molecular weight excluding hydrogens is 418 g/mol. The molecule has 3 aromatic rings. The molecule has 1 amide bonds. The summed E-state index contributed by atoms with van der Waals surface area (Å²) in [7, 11) is 3.37. The average Bonchev–Trinajstić information content (AvgIpc) is 3.55. The number of amides is 1. The van der Waals surface area contributed by atoms with E-state index in [1.807, 2.05) is 24.3 Å². The number of carbonyl (C=O) groups excluding carboxylic acids is 1. The number of hydrogen-bond donors (Lipinski definition) is 1. The third-order valence-electron chi connectivity index (χ3n) is 6.51. The number of anilines is 2. The van der Waals surface area contributed by atoms with Crippen LogP contribution in [-0.2, 0) is 16.8 Å². The van der Waals surface area contributed by atoms with Gasteiger partial charge >= 0.3 is 0 Å². The van der Waals surface area contributed by atoms with Crippen LogP contribution in [0.4, 0.5) is 11.6 Å². The highest BCUT2D eigenvalue weighted by atomic mass is 16.5. The maximum absolute atomic E-state index is 12.8. The Bertz CT molecular complexity index is 1180. The van der Waals surface area contributed by atoms with E-state index >= 15 is 0 Å². The maximum Gasteiger partial charge on any atom is 0.253 e. The van der Waals surface area contributed by atoms with Crippen molar-refractivity contribution in [2.24, 2.45) is 0 Å². The number of ether oxygens (including phenoxy) is 1. The number of pyridine rings is 1. The van der Waals surface area contributed by atoms with Gasteiger partial charge in [-0.25, -0.2) is 9.97 Å². The van der Waals surface area contributed by atoms with Gasteiger partial charge in [0.2, 0.25) is 5.95 Å². The third-order valence-corrected chi connectivity index (χ3v) is 6.51. The molecule has 2 aliphatic rings. The lowest BCUT2D eigenvalue weighted by Gasteiger charge is -2.19. The van der Waals surface area contributed by atoms with Gasteiger partial charge in [0, 0.05) is 68.1 Å². The second-order valence-electron chi connectivity index (χ2n) is 8.80. The number of likely N-dealkylation sites (N-methyl/N-ethyl adjacent to an activating group) is 1. The van der Waals surface area contributed by atoms with Crippen LogP contribution in [0.1, 0.15) is 34.3 Å². The molecule has 3 heterocycles. The van der Waals surface area contributed by atoms with Gasteiger partial charge in [0.1, 0.15) is 0 Å². The van der Waals surface area contributed by atoms with Gasteiger partial charge < -0.3 is 19.6 Å². The van der Waals surface area contributed by atoms with Crippen LogP contribution in [0.2, 0.25) is 0 Å². The smallest absolute Gasteiger partial charge is 0.253 e. The normalized spacial score (nSPS) is 15.5. The molecule has 1 saturated carbocycles. The fraction of sp³-hybridized carbons (Fsp3) is 0.360. The molecule has 0 atom stereocenters. The molecular formula is C25H27N5O3. The summed E-state index contributed by atoms with van der Waals surface area (Å²) >= 11 is 0. The molecule has 0 unspecified atom stereocenters. The van der Waals surface area contributed by atoms with Gasteiger partial charge in [0.05, 0.1) is 18.9 Å². The van der Waals surface area contributed by atoms with Crippen molar-refractivity contribution in [2.45, 2.75) is 24.9 Å². The number of methoxy groups -OCH3 is 1. The van der Waals surface area contributed by atoms with E-state index in [0.717, 1.165) is 41.9 Å².